The number of hydrogen-bond acceptors (Lipinski definition) is 6. The zero-order valence-electron chi connectivity index (χ0n) is 19.5. The van der Waals surface area contributed by atoms with Crippen LogP contribution in [0.5, 0.6) is 5.75 Å². The van der Waals surface area contributed by atoms with Crippen LogP contribution in [0.2, 0.25) is 0 Å². The normalized spacial score (nSPS) is 13.9. The minimum absolute atomic E-state index is 0.00911. The highest BCUT2D eigenvalue weighted by Crippen LogP contribution is 2.31. The van der Waals surface area contributed by atoms with E-state index in [0.29, 0.717) is 13.2 Å². The van der Waals surface area contributed by atoms with Crippen LogP contribution in [0.4, 0.5) is 0 Å². The maximum absolute atomic E-state index is 11.3. The van der Waals surface area contributed by atoms with Crippen molar-refractivity contribution in [2.45, 2.75) is 52.1 Å². The van der Waals surface area contributed by atoms with Crippen LogP contribution in [0.15, 0.2) is 60.3 Å². The number of allylic oxidation sites excluding steroid dienone is 1. The largest absolute Gasteiger partial charge is 0.488 e. The zero-order valence-corrected chi connectivity index (χ0v) is 20.4. The van der Waals surface area contributed by atoms with E-state index in [9.17, 15) is 9.90 Å². The lowest BCUT2D eigenvalue weighted by Gasteiger charge is -2.17. The molecule has 0 spiro atoms. The maximum atomic E-state index is 11.3. The number of nitrogens with one attached hydrogen (secondary N) is 1. The summed E-state index contributed by atoms with van der Waals surface area (Å²) in [6.07, 6.45) is 5.39. The van der Waals surface area contributed by atoms with E-state index < -0.39 is 5.97 Å². The Kier molecular flexibility index (Phi) is 7.98. The molecule has 2 N–H and O–H groups in total. The molecule has 0 amide bonds. The summed E-state index contributed by atoms with van der Waals surface area (Å²) in [5, 5.41) is 10.3. The van der Waals surface area contributed by atoms with Crippen molar-refractivity contribution in [2.24, 2.45) is 0 Å². The lowest BCUT2D eigenvalue weighted by atomic mass is 9.92. The molecule has 0 saturated carbocycles. The monoisotopic (exact) mass is 478 g/mol. The van der Waals surface area contributed by atoms with Crippen molar-refractivity contribution >= 4 is 17.3 Å². The van der Waals surface area contributed by atoms with Gasteiger partial charge in [-0.3, -0.25) is 15.1 Å². The van der Waals surface area contributed by atoms with E-state index in [4.69, 9.17) is 14.6 Å². The molecule has 0 saturated heterocycles. The van der Waals surface area contributed by atoms with Gasteiger partial charge in [0.15, 0.2) is 0 Å². The Morgan fingerprint density at radius 2 is 1.97 bits per heavy atom. The van der Waals surface area contributed by atoms with E-state index in [1.807, 2.05) is 37.3 Å². The summed E-state index contributed by atoms with van der Waals surface area (Å²) >= 11 is 1.66. The Labute approximate surface area is 204 Å². The van der Waals surface area contributed by atoms with E-state index in [2.05, 4.69) is 36.7 Å². The second-order valence-corrected chi connectivity index (χ2v) is 9.49. The highest BCUT2D eigenvalue weighted by Gasteiger charge is 2.22. The van der Waals surface area contributed by atoms with E-state index >= 15 is 0 Å². The zero-order chi connectivity index (χ0) is 23.9. The van der Waals surface area contributed by atoms with Gasteiger partial charge in [-0.25, -0.2) is 4.98 Å². The van der Waals surface area contributed by atoms with Crippen molar-refractivity contribution in [3.8, 4) is 16.3 Å². The fraction of sp³-hybridized carbons (Fsp3) is 0.333. The first-order valence-corrected chi connectivity index (χ1v) is 12.4. The molecular weight excluding hydrogens is 448 g/mol. The van der Waals surface area contributed by atoms with Crippen LogP contribution < -0.4 is 10.2 Å². The van der Waals surface area contributed by atoms with Gasteiger partial charge in [0.2, 0.25) is 0 Å². The Hall–Kier alpha value is -3.16. The molecule has 34 heavy (non-hydrogen) atoms. The van der Waals surface area contributed by atoms with E-state index in [1.54, 1.807) is 11.3 Å². The molecule has 0 fully saturated rings. The number of nitrogens with zero attached hydrogens (tertiary/aromatic N) is 1. The van der Waals surface area contributed by atoms with Crippen molar-refractivity contribution in [3.63, 3.8) is 0 Å². The molecule has 6 nitrogen and oxygen atoms in total. The number of unbranched alkanes of at least 4 members (excludes halogenated alkanes) is 1. The van der Waals surface area contributed by atoms with Gasteiger partial charge >= 0.3 is 5.97 Å². The molecule has 2 heterocycles. The van der Waals surface area contributed by atoms with Gasteiger partial charge in [0.05, 0.1) is 23.6 Å². The predicted molar refractivity (Wildman–Crippen MR) is 134 cm³/mol. The molecule has 4 rings (SSSR count). The molecule has 3 aromatic rings. The number of hydroxylamine groups is 1. The summed E-state index contributed by atoms with van der Waals surface area (Å²) < 4.78 is 6.03. The quantitative estimate of drug-likeness (QED) is 0.351. The van der Waals surface area contributed by atoms with Gasteiger partial charge in [0.25, 0.3) is 0 Å². The Bertz CT molecular complexity index is 1140. The summed E-state index contributed by atoms with van der Waals surface area (Å²) in [6.45, 7) is 5.10. The minimum atomic E-state index is -0.855. The number of carbonyl (C=O) groups is 1. The van der Waals surface area contributed by atoms with E-state index in [-0.39, 0.29) is 12.3 Å². The van der Waals surface area contributed by atoms with Crippen molar-refractivity contribution in [2.75, 3.05) is 6.61 Å². The van der Waals surface area contributed by atoms with Crippen LogP contribution >= 0.6 is 11.3 Å². The highest BCUT2D eigenvalue weighted by molar-refractivity contribution is 7.15. The van der Waals surface area contributed by atoms with Gasteiger partial charge in [-0.2, -0.15) is 0 Å². The summed E-state index contributed by atoms with van der Waals surface area (Å²) in [4.78, 5) is 22.3. The number of hydrogen-bond donors (Lipinski definition) is 2. The van der Waals surface area contributed by atoms with Gasteiger partial charge in [-0.05, 0) is 49.1 Å². The van der Waals surface area contributed by atoms with Crippen molar-refractivity contribution in [1.29, 1.82) is 0 Å². The second-order valence-electron chi connectivity index (χ2n) is 8.41. The number of aliphatic carboxylic acids is 1. The average Bonchev–Trinajstić information content (AvgIpc) is 3.51. The van der Waals surface area contributed by atoms with Crippen molar-refractivity contribution in [1.82, 2.24) is 10.5 Å². The number of ether oxygens (including phenoxy) is 1. The average molecular weight is 479 g/mol. The van der Waals surface area contributed by atoms with Crippen LogP contribution in [0.3, 0.4) is 0 Å². The third-order valence-corrected chi connectivity index (χ3v) is 7.08. The van der Waals surface area contributed by atoms with Gasteiger partial charge in [-0.1, -0.05) is 49.7 Å². The van der Waals surface area contributed by atoms with Crippen LogP contribution in [0.1, 0.15) is 53.8 Å². The van der Waals surface area contributed by atoms with Gasteiger partial charge in [0.1, 0.15) is 17.4 Å². The third-order valence-electron chi connectivity index (χ3n) is 5.90. The molecule has 1 aliphatic heterocycles. The van der Waals surface area contributed by atoms with Gasteiger partial charge in [-0.15, -0.1) is 11.3 Å². The van der Waals surface area contributed by atoms with Crippen molar-refractivity contribution in [3.05, 3.63) is 82.0 Å². The maximum Gasteiger partial charge on any atom is 0.304 e. The standard InChI is InChI=1S/C27H30N2O4S/c1-3-4-5-19-6-8-21(9-7-19)27-28-18(2)25(34-27)17-32-22-12-10-20(11-13-22)23(16-26(30)31)24-14-15-33-29-24/h6-14,23,29H,3-5,15-17H2,1-2H3,(H,30,31)/t23-/m0/s1. The molecule has 1 atom stereocenters. The number of aryl methyl sites for hydroxylation is 2. The minimum Gasteiger partial charge on any atom is -0.488 e. The van der Waals surface area contributed by atoms with Crippen LogP contribution in [-0.2, 0) is 22.7 Å². The van der Waals surface area contributed by atoms with E-state index in [1.165, 1.54) is 18.4 Å². The molecule has 0 aliphatic carbocycles. The number of aromatic nitrogens is 1. The fourth-order valence-electron chi connectivity index (χ4n) is 3.92. The molecule has 1 aliphatic rings. The Morgan fingerprint density at radius 3 is 2.62 bits per heavy atom. The first kappa shape index (κ1) is 24.0. The lowest BCUT2D eigenvalue weighted by Crippen LogP contribution is -2.17. The van der Waals surface area contributed by atoms with Gasteiger partial charge < -0.3 is 9.84 Å². The molecule has 0 unspecified atom stereocenters. The second kappa shape index (κ2) is 11.3. The molecule has 0 radical (unpaired) electrons. The summed E-state index contributed by atoms with van der Waals surface area (Å²) in [6, 6.07) is 16.3. The predicted octanol–water partition coefficient (Wildman–Crippen LogP) is 6.02. The molecule has 7 heteroatoms. The first-order chi connectivity index (χ1) is 16.5. The number of carboxylic acid groups (broad SMARTS) is 1. The topological polar surface area (TPSA) is 80.7 Å². The van der Waals surface area contributed by atoms with Crippen molar-refractivity contribution < 1.29 is 19.5 Å². The third kappa shape index (κ3) is 6.04. The number of rotatable bonds is 11. The lowest BCUT2D eigenvalue weighted by molar-refractivity contribution is -0.137. The number of thiazole rings is 1. The summed E-state index contributed by atoms with van der Waals surface area (Å²) in [7, 11) is 0. The SMILES string of the molecule is CCCCc1ccc(-c2nc(C)c(COc3ccc([C@H](CC(=O)O)C4=CCON4)cc3)s2)cc1. The molecule has 0 bridgehead atoms. The molecule has 178 valence electrons. The Morgan fingerprint density at radius 1 is 1.21 bits per heavy atom. The van der Waals surface area contributed by atoms with Crippen LogP contribution in [0.25, 0.3) is 10.6 Å². The number of carboxylic acids is 1. The highest BCUT2D eigenvalue weighted by atomic mass is 32.1. The van der Waals surface area contributed by atoms with Crippen LogP contribution in [-0.4, -0.2) is 22.7 Å². The van der Waals surface area contributed by atoms with Gasteiger partial charge in [0, 0.05) is 17.2 Å². The molecular formula is C27H30N2O4S. The number of benzene rings is 2. The molecule has 2 aromatic carbocycles. The fourth-order valence-corrected chi connectivity index (χ4v) is 4.90. The molecule has 1 aromatic heterocycles. The smallest absolute Gasteiger partial charge is 0.304 e. The first-order valence-electron chi connectivity index (χ1n) is 11.6. The summed E-state index contributed by atoms with van der Waals surface area (Å²) in [5.74, 6) is -0.405. The Balaban J connectivity index is 1.40. The summed E-state index contributed by atoms with van der Waals surface area (Å²) in [5.41, 5.74) is 7.97. The van der Waals surface area contributed by atoms with Crippen LogP contribution in [0, 0.1) is 6.92 Å². The van der Waals surface area contributed by atoms with E-state index in [0.717, 1.165) is 44.6 Å².